The van der Waals surface area contributed by atoms with E-state index in [1.54, 1.807) is 18.2 Å². The van der Waals surface area contributed by atoms with Crippen molar-refractivity contribution < 1.29 is 0 Å². The molecule has 2 aromatic rings. The smallest absolute Gasteiger partial charge is 0.208 e. The highest BCUT2D eigenvalue weighted by Crippen LogP contribution is 2.28. The first kappa shape index (κ1) is 10.9. The zero-order valence-corrected chi connectivity index (χ0v) is 10.4. The second-order valence-electron chi connectivity index (χ2n) is 2.67. The lowest BCUT2D eigenvalue weighted by molar-refractivity contribution is 1.08. The van der Waals surface area contributed by atoms with Crippen LogP contribution in [0.1, 0.15) is 0 Å². The summed E-state index contributed by atoms with van der Waals surface area (Å²) >= 11 is 18.1. The van der Waals surface area contributed by atoms with Gasteiger partial charge in [-0.3, -0.25) is 5.10 Å². The highest BCUT2D eigenvalue weighted by atomic mass is 35.5. The highest BCUT2D eigenvalue weighted by molar-refractivity contribution is 7.73. The van der Waals surface area contributed by atoms with Crippen LogP contribution in [0, 0.1) is 3.95 Å². The van der Waals surface area contributed by atoms with E-state index in [9.17, 15) is 0 Å². The average molecular weight is 278 g/mol. The fourth-order valence-electron chi connectivity index (χ4n) is 0.992. The van der Waals surface area contributed by atoms with Crippen molar-refractivity contribution in [3.63, 3.8) is 0 Å². The number of hydrogen-bond donors (Lipinski definition) is 2. The Labute approximate surface area is 105 Å². The number of benzene rings is 1. The highest BCUT2D eigenvalue weighted by Gasteiger charge is 2.03. The molecule has 0 aliphatic heterocycles. The fraction of sp³-hybridized carbons (Fsp3) is 0. The summed E-state index contributed by atoms with van der Waals surface area (Å²) in [6.07, 6.45) is 0. The number of anilines is 2. The molecule has 1 aromatic carbocycles. The predicted octanol–water partition coefficient (Wildman–Crippen LogP) is 4.25. The number of hydrogen-bond acceptors (Lipinski definition) is 4. The van der Waals surface area contributed by atoms with E-state index in [2.05, 4.69) is 15.5 Å². The van der Waals surface area contributed by atoms with Gasteiger partial charge in [0, 0.05) is 5.02 Å². The maximum atomic E-state index is 5.97. The van der Waals surface area contributed by atoms with Crippen molar-refractivity contribution in [2.45, 2.75) is 0 Å². The number of halogens is 2. The molecule has 0 atom stereocenters. The third-order valence-corrected chi connectivity index (χ3v) is 3.18. The van der Waals surface area contributed by atoms with Crippen LogP contribution >= 0.6 is 46.8 Å². The largest absolute Gasteiger partial charge is 0.329 e. The van der Waals surface area contributed by atoms with Gasteiger partial charge in [-0.1, -0.05) is 34.5 Å². The first-order chi connectivity index (χ1) is 7.15. The van der Waals surface area contributed by atoms with E-state index in [1.807, 2.05) is 0 Å². The van der Waals surface area contributed by atoms with Gasteiger partial charge < -0.3 is 5.32 Å². The Morgan fingerprint density at radius 3 is 2.87 bits per heavy atom. The number of nitrogens with one attached hydrogen (secondary N) is 2. The lowest BCUT2D eigenvalue weighted by Gasteiger charge is -2.04. The molecule has 2 N–H and O–H groups in total. The molecule has 15 heavy (non-hydrogen) atoms. The fourth-order valence-corrected chi connectivity index (χ4v) is 2.13. The van der Waals surface area contributed by atoms with Gasteiger partial charge in [-0.2, -0.15) is 0 Å². The second kappa shape index (κ2) is 4.49. The summed E-state index contributed by atoms with van der Waals surface area (Å²) in [7, 11) is 0. The van der Waals surface area contributed by atoms with Crippen LogP contribution in [0.5, 0.6) is 0 Å². The predicted molar refractivity (Wildman–Crippen MR) is 67.0 cm³/mol. The van der Waals surface area contributed by atoms with Crippen molar-refractivity contribution in [3.05, 3.63) is 32.2 Å². The van der Waals surface area contributed by atoms with Gasteiger partial charge in [0.25, 0.3) is 0 Å². The van der Waals surface area contributed by atoms with Crippen LogP contribution in [0.3, 0.4) is 0 Å². The molecule has 0 radical (unpaired) electrons. The quantitative estimate of drug-likeness (QED) is 0.807. The van der Waals surface area contributed by atoms with Crippen LogP contribution in [-0.2, 0) is 0 Å². The molecule has 0 aliphatic carbocycles. The molecule has 0 unspecified atom stereocenters. The minimum absolute atomic E-state index is 0.584. The topological polar surface area (TPSA) is 40.7 Å². The number of H-pyrrole nitrogens is 1. The Bertz CT molecular complexity index is 535. The number of aromatic nitrogens is 2. The Kier molecular flexibility index (Phi) is 3.25. The molecule has 0 amide bonds. The van der Waals surface area contributed by atoms with Gasteiger partial charge in [0.05, 0.1) is 10.7 Å². The molecular weight excluding hydrogens is 273 g/mol. The van der Waals surface area contributed by atoms with Crippen LogP contribution in [0.25, 0.3) is 0 Å². The van der Waals surface area contributed by atoms with Crippen LogP contribution in [0.2, 0.25) is 10.0 Å². The SMILES string of the molecule is S=c1[nH]nc(Nc2cc(Cl)ccc2Cl)s1. The van der Waals surface area contributed by atoms with Crippen LogP contribution in [0.4, 0.5) is 10.8 Å². The standard InChI is InChI=1S/C8H5Cl2N3S2/c9-4-1-2-5(10)6(3-4)11-7-12-13-8(14)15-7/h1-3H,(H,11,12)(H,13,14). The molecule has 0 saturated carbocycles. The summed E-state index contributed by atoms with van der Waals surface area (Å²) in [6.45, 7) is 0. The molecule has 0 bridgehead atoms. The third kappa shape index (κ3) is 2.69. The van der Waals surface area contributed by atoms with Gasteiger partial charge in [0.2, 0.25) is 5.13 Å². The van der Waals surface area contributed by atoms with Crippen LogP contribution in [0.15, 0.2) is 18.2 Å². The van der Waals surface area contributed by atoms with Crippen molar-refractivity contribution in [2.24, 2.45) is 0 Å². The van der Waals surface area contributed by atoms with Gasteiger partial charge in [-0.15, -0.1) is 5.10 Å². The van der Waals surface area contributed by atoms with Crippen molar-refractivity contribution in [2.75, 3.05) is 5.32 Å². The van der Waals surface area contributed by atoms with Gasteiger partial charge in [0.1, 0.15) is 0 Å². The van der Waals surface area contributed by atoms with E-state index in [0.29, 0.717) is 24.8 Å². The molecule has 7 heteroatoms. The molecule has 1 heterocycles. The Morgan fingerprint density at radius 1 is 1.40 bits per heavy atom. The summed E-state index contributed by atoms with van der Waals surface area (Å²) < 4.78 is 0.607. The number of rotatable bonds is 2. The van der Waals surface area contributed by atoms with E-state index < -0.39 is 0 Å². The molecule has 78 valence electrons. The number of aromatic amines is 1. The molecule has 3 nitrogen and oxygen atoms in total. The Balaban J connectivity index is 2.31. The first-order valence-corrected chi connectivity index (χ1v) is 5.91. The third-order valence-electron chi connectivity index (χ3n) is 1.61. The van der Waals surface area contributed by atoms with Crippen molar-refractivity contribution >= 4 is 57.6 Å². The Hall–Kier alpha value is -0.620. The van der Waals surface area contributed by atoms with E-state index in [1.165, 1.54) is 11.3 Å². The number of nitrogens with zero attached hydrogens (tertiary/aromatic N) is 1. The normalized spacial score (nSPS) is 10.3. The van der Waals surface area contributed by atoms with Crippen molar-refractivity contribution in [1.29, 1.82) is 0 Å². The van der Waals surface area contributed by atoms with Crippen molar-refractivity contribution in [3.8, 4) is 0 Å². The van der Waals surface area contributed by atoms with Gasteiger partial charge >= 0.3 is 0 Å². The van der Waals surface area contributed by atoms with Gasteiger partial charge in [0.15, 0.2) is 3.95 Å². The summed E-state index contributed by atoms with van der Waals surface area (Å²) in [5.41, 5.74) is 0.710. The van der Waals surface area contributed by atoms with E-state index in [-0.39, 0.29) is 0 Å². The summed E-state index contributed by atoms with van der Waals surface area (Å²) in [5, 5.41) is 11.5. The van der Waals surface area contributed by atoms with E-state index in [0.717, 1.165) is 0 Å². The maximum absolute atomic E-state index is 5.97. The van der Waals surface area contributed by atoms with Gasteiger partial charge in [-0.25, -0.2) is 0 Å². The minimum Gasteiger partial charge on any atom is -0.329 e. The van der Waals surface area contributed by atoms with Crippen molar-refractivity contribution in [1.82, 2.24) is 10.2 Å². The Morgan fingerprint density at radius 2 is 2.20 bits per heavy atom. The summed E-state index contributed by atoms with van der Waals surface area (Å²) in [4.78, 5) is 0. The monoisotopic (exact) mass is 277 g/mol. The van der Waals surface area contributed by atoms with E-state index >= 15 is 0 Å². The average Bonchev–Trinajstić information content (AvgIpc) is 2.58. The van der Waals surface area contributed by atoms with Crippen LogP contribution in [-0.4, -0.2) is 10.2 Å². The summed E-state index contributed by atoms with van der Waals surface area (Å²) in [5.74, 6) is 0. The zero-order chi connectivity index (χ0) is 10.8. The first-order valence-electron chi connectivity index (χ1n) is 3.93. The molecule has 2 rings (SSSR count). The van der Waals surface area contributed by atoms with E-state index in [4.69, 9.17) is 35.4 Å². The second-order valence-corrected chi connectivity index (χ2v) is 5.18. The molecule has 0 spiro atoms. The van der Waals surface area contributed by atoms with Gasteiger partial charge in [-0.05, 0) is 30.4 Å². The zero-order valence-electron chi connectivity index (χ0n) is 7.25. The lowest BCUT2D eigenvalue weighted by Crippen LogP contribution is -1.90. The molecule has 1 aromatic heterocycles. The summed E-state index contributed by atoms with van der Waals surface area (Å²) in [6, 6.07) is 5.17. The molecule has 0 aliphatic rings. The van der Waals surface area contributed by atoms with Crippen LogP contribution < -0.4 is 5.32 Å². The maximum Gasteiger partial charge on any atom is 0.208 e. The minimum atomic E-state index is 0.584. The lowest BCUT2D eigenvalue weighted by atomic mass is 10.3. The molecular formula is C8H5Cl2N3S2. The molecule has 0 fully saturated rings. The molecule has 0 saturated heterocycles.